The highest BCUT2D eigenvalue weighted by Gasteiger charge is 2.23. The van der Waals surface area contributed by atoms with Gasteiger partial charge in [0.05, 0.1) is 0 Å². The smallest absolute Gasteiger partial charge is 0.261 e. The Balaban J connectivity index is 2.60. The summed E-state index contributed by atoms with van der Waals surface area (Å²) < 4.78 is 6.65. The fraction of sp³-hybridized carbons (Fsp3) is 0.562. The monoisotopic (exact) mass is 341 g/mol. The lowest BCUT2D eigenvalue weighted by Gasteiger charge is -2.27. The second-order valence-corrected chi connectivity index (χ2v) is 6.65. The average molecular weight is 342 g/mol. The predicted molar refractivity (Wildman–Crippen MR) is 85.8 cm³/mol. The van der Waals surface area contributed by atoms with E-state index in [1.54, 1.807) is 6.92 Å². The highest BCUT2D eigenvalue weighted by Crippen LogP contribution is 2.18. The molecule has 1 aromatic carbocycles. The minimum Gasteiger partial charge on any atom is -0.481 e. The van der Waals surface area contributed by atoms with Crippen molar-refractivity contribution in [1.82, 2.24) is 5.32 Å². The summed E-state index contributed by atoms with van der Waals surface area (Å²) in [5, 5.41) is 3.07. The summed E-state index contributed by atoms with van der Waals surface area (Å²) in [6.45, 7) is 10.2. The van der Waals surface area contributed by atoms with E-state index in [2.05, 4.69) is 48.9 Å². The molecule has 1 rings (SSSR count). The molecule has 0 heterocycles. The van der Waals surface area contributed by atoms with Crippen molar-refractivity contribution in [3.8, 4) is 5.75 Å². The molecule has 1 unspecified atom stereocenters. The summed E-state index contributed by atoms with van der Waals surface area (Å²) in [6, 6.07) is 7.64. The topological polar surface area (TPSA) is 38.3 Å². The van der Waals surface area contributed by atoms with Crippen LogP contribution < -0.4 is 10.1 Å². The van der Waals surface area contributed by atoms with E-state index in [0.717, 1.165) is 4.47 Å². The fourth-order valence-corrected chi connectivity index (χ4v) is 2.42. The van der Waals surface area contributed by atoms with Gasteiger partial charge in [-0.3, -0.25) is 4.79 Å². The summed E-state index contributed by atoms with van der Waals surface area (Å²) in [4.78, 5) is 12.2. The van der Waals surface area contributed by atoms with Crippen molar-refractivity contribution >= 4 is 21.8 Å². The standard InChI is InChI=1S/C16H24BrNO2/c1-10(2)15(11(3)4)18-16(19)12(5)20-14-8-6-13(17)7-9-14/h6-12,15H,1-5H3,(H,18,19). The van der Waals surface area contributed by atoms with Crippen LogP contribution in [0, 0.1) is 11.8 Å². The van der Waals surface area contributed by atoms with Crippen LogP contribution in [0.4, 0.5) is 0 Å². The van der Waals surface area contributed by atoms with Crippen molar-refractivity contribution < 1.29 is 9.53 Å². The number of benzene rings is 1. The molecule has 0 fully saturated rings. The van der Waals surface area contributed by atoms with Gasteiger partial charge < -0.3 is 10.1 Å². The molecule has 0 saturated carbocycles. The van der Waals surface area contributed by atoms with Crippen molar-refractivity contribution in [1.29, 1.82) is 0 Å². The molecule has 0 aliphatic heterocycles. The maximum atomic E-state index is 12.2. The number of nitrogens with one attached hydrogen (secondary N) is 1. The molecule has 4 heteroatoms. The summed E-state index contributed by atoms with van der Waals surface area (Å²) in [5.41, 5.74) is 0. The number of amides is 1. The van der Waals surface area contributed by atoms with Crippen LogP contribution in [-0.4, -0.2) is 18.1 Å². The van der Waals surface area contributed by atoms with E-state index >= 15 is 0 Å². The van der Waals surface area contributed by atoms with Gasteiger partial charge in [-0.25, -0.2) is 0 Å². The summed E-state index contributed by atoms with van der Waals surface area (Å²) in [5.74, 6) is 1.43. The minimum atomic E-state index is -0.504. The first-order valence-corrected chi connectivity index (χ1v) is 7.83. The Kier molecular flexibility index (Phi) is 6.53. The molecule has 3 nitrogen and oxygen atoms in total. The van der Waals surface area contributed by atoms with E-state index in [9.17, 15) is 4.79 Å². The molecule has 0 bridgehead atoms. The van der Waals surface area contributed by atoms with E-state index in [-0.39, 0.29) is 11.9 Å². The van der Waals surface area contributed by atoms with E-state index in [4.69, 9.17) is 4.74 Å². The highest BCUT2D eigenvalue weighted by molar-refractivity contribution is 9.10. The van der Waals surface area contributed by atoms with Gasteiger partial charge in [0.15, 0.2) is 6.10 Å². The molecular formula is C16H24BrNO2. The number of hydrogen-bond donors (Lipinski definition) is 1. The van der Waals surface area contributed by atoms with E-state index in [1.807, 2.05) is 24.3 Å². The Hall–Kier alpha value is -1.03. The van der Waals surface area contributed by atoms with Gasteiger partial charge in [-0.2, -0.15) is 0 Å². The van der Waals surface area contributed by atoms with Crippen molar-refractivity contribution in [3.05, 3.63) is 28.7 Å². The molecule has 112 valence electrons. The lowest BCUT2D eigenvalue weighted by molar-refractivity contribution is -0.128. The predicted octanol–water partition coefficient (Wildman–Crippen LogP) is 4.01. The third kappa shape index (κ3) is 5.16. The second kappa shape index (κ2) is 7.67. The molecule has 0 spiro atoms. The van der Waals surface area contributed by atoms with E-state index in [0.29, 0.717) is 17.6 Å². The Labute approximate surface area is 130 Å². The zero-order valence-corrected chi connectivity index (χ0v) is 14.4. The molecular weight excluding hydrogens is 318 g/mol. The molecule has 1 amide bonds. The molecule has 0 aromatic heterocycles. The van der Waals surface area contributed by atoms with Crippen LogP contribution in [0.1, 0.15) is 34.6 Å². The number of hydrogen-bond acceptors (Lipinski definition) is 2. The quantitative estimate of drug-likeness (QED) is 0.848. The first kappa shape index (κ1) is 17.0. The Morgan fingerprint density at radius 3 is 2.00 bits per heavy atom. The van der Waals surface area contributed by atoms with Gasteiger partial charge in [-0.05, 0) is 43.0 Å². The van der Waals surface area contributed by atoms with Crippen LogP contribution in [0.5, 0.6) is 5.75 Å². The normalized spacial score (nSPS) is 12.8. The molecule has 0 saturated heterocycles. The van der Waals surface area contributed by atoms with Crippen LogP contribution in [-0.2, 0) is 4.79 Å². The van der Waals surface area contributed by atoms with Gasteiger partial charge in [0.1, 0.15) is 5.75 Å². The molecule has 20 heavy (non-hydrogen) atoms. The van der Waals surface area contributed by atoms with E-state index < -0.39 is 6.10 Å². The van der Waals surface area contributed by atoms with Gasteiger partial charge >= 0.3 is 0 Å². The number of ether oxygens (including phenoxy) is 1. The van der Waals surface area contributed by atoms with Crippen molar-refractivity contribution in [2.75, 3.05) is 0 Å². The Morgan fingerprint density at radius 2 is 1.55 bits per heavy atom. The zero-order chi connectivity index (χ0) is 15.3. The first-order valence-electron chi connectivity index (χ1n) is 7.04. The van der Waals surface area contributed by atoms with Crippen LogP contribution in [0.3, 0.4) is 0 Å². The molecule has 1 N–H and O–H groups in total. The van der Waals surface area contributed by atoms with Crippen LogP contribution in [0.2, 0.25) is 0 Å². The number of rotatable bonds is 6. The van der Waals surface area contributed by atoms with Crippen LogP contribution in [0.25, 0.3) is 0 Å². The maximum Gasteiger partial charge on any atom is 0.261 e. The van der Waals surface area contributed by atoms with Crippen molar-refractivity contribution in [2.24, 2.45) is 11.8 Å². The number of carbonyl (C=O) groups is 1. The SMILES string of the molecule is CC(Oc1ccc(Br)cc1)C(=O)NC(C(C)C)C(C)C. The highest BCUT2D eigenvalue weighted by atomic mass is 79.9. The number of halogens is 1. The molecule has 1 atom stereocenters. The van der Waals surface area contributed by atoms with Gasteiger partial charge in [-0.15, -0.1) is 0 Å². The first-order chi connectivity index (χ1) is 9.31. The maximum absolute atomic E-state index is 12.2. The Morgan fingerprint density at radius 1 is 1.05 bits per heavy atom. The average Bonchev–Trinajstić information content (AvgIpc) is 2.37. The lowest BCUT2D eigenvalue weighted by atomic mass is 9.93. The molecule has 0 aliphatic carbocycles. The number of carbonyl (C=O) groups excluding carboxylic acids is 1. The second-order valence-electron chi connectivity index (χ2n) is 5.74. The van der Waals surface area contributed by atoms with Gasteiger partial charge in [0.25, 0.3) is 5.91 Å². The van der Waals surface area contributed by atoms with Crippen LogP contribution in [0.15, 0.2) is 28.7 Å². The summed E-state index contributed by atoms with van der Waals surface area (Å²) >= 11 is 3.37. The zero-order valence-electron chi connectivity index (χ0n) is 12.8. The summed E-state index contributed by atoms with van der Waals surface area (Å²) in [7, 11) is 0. The molecule has 0 aliphatic rings. The minimum absolute atomic E-state index is 0.0691. The third-order valence-electron chi connectivity index (χ3n) is 3.24. The Bertz CT molecular complexity index is 421. The van der Waals surface area contributed by atoms with Gasteiger partial charge in [0, 0.05) is 10.5 Å². The fourth-order valence-electron chi connectivity index (χ4n) is 2.16. The van der Waals surface area contributed by atoms with Gasteiger partial charge in [-0.1, -0.05) is 43.6 Å². The molecule has 1 aromatic rings. The van der Waals surface area contributed by atoms with Crippen molar-refractivity contribution in [3.63, 3.8) is 0 Å². The van der Waals surface area contributed by atoms with Gasteiger partial charge in [0.2, 0.25) is 0 Å². The van der Waals surface area contributed by atoms with Crippen LogP contribution >= 0.6 is 15.9 Å². The summed E-state index contributed by atoms with van der Waals surface area (Å²) in [6.07, 6.45) is -0.504. The lowest BCUT2D eigenvalue weighted by Crippen LogP contribution is -2.47. The van der Waals surface area contributed by atoms with E-state index in [1.165, 1.54) is 0 Å². The van der Waals surface area contributed by atoms with Crippen molar-refractivity contribution in [2.45, 2.75) is 46.8 Å². The largest absolute Gasteiger partial charge is 0.481 e. The molecule has 0 radical (unpaired) electrons. The third-order valence-corrected chi connectivity index (χ3v) is 3.77.